The van der Waals surface area contributed by atoms with Crippen molar-refractivity contribution in [1.29, 1.82) is 5.26 Å². The van der Waals surface area contributed by atoms with E-state index in [0.29, 0.717) is 31.1 Å². The van der Waals surface area contributed by atoms with Crippen LogP contribution in [0.2, 0.25) is 5.02 Å². The van der Waals surface area contributed by atoms with Crippen molar-refractivity contribution in [3.8, 4) is 17.6 Å². The van der Waals surface area contributed by atoms with E-state index in [-0.39, 0.29) is 40.8 Å². The number of methoxy groups -OCH3 is 2. The molecular weight excluding hydrogens is 508 g/mol. The van der Waals surface area contributed by atoms with Crippen LogP contribution in [0.3, 0.4) is 0 Å². The Morgan fingerprint density at radius 2 is 1.89 bits per heavy atom. The highest BCUT2D eigenvalue weighted by Crippen LogP contribution is 2.28. The van der Waals surface area contributed by atoms with Gasteiger partial charge in [0.05, 0.1) is 43.0 Å². The Labute approximate surface area is 215 Å². The molecule has 0 bridgehead atoms. The molecule has 0 radical (unpaired) electrons. The van der Waals surface area contributed by atoms with Gasteiger partial charge in [-0.25, -0.2) is 8.42 Å². The summed E-state index contributed by atoms with van der Waals surface area (Å²) in [6, 6.07) is 11.5. The van der Waals surface area contributed by atoms with Crippen LogP contribution in [-0.4, -0.2) is 65.7 Å². The molecule has 1 aliphatic rings. The number of carbonyl (C=O) groups is 1. The van der Waals surface area contributed by atoms with Gasteiger partial charge in [-0.05, 0) is 42.3 Å². The van der Waals surface area contributed by atoms with Gasteiger partial charge in [0.2, 0.25) is 10.0 Å². The van der Waals surface area contributed by atoms with Gasteiger partial charge in [0.25, 0.3) is 5.91 Å². The third-order valence-corrected chi connectivity index (χ3v) is 7.65. The molecule has 1 amide bonds. The number of carbonyl (C=O) groups excluding carboxylic acids is 1. The van der Waals surface area contributed by atoms with E-state index in [1.54, 1.807) is 20.3 Å². The van der Waals surface area contributed by atoms with E-state index in [4.69, 9.17) is 25.8 Å². The molecule has 1 heterocycles. The number of hydrogen-bond acceptors (Lipinski definition) is 8. The summed E-state index contributed by atoms with van der Waals surface area (Å²) in [5, 5.41) is 15.1. The van der Waals surface area contributed by atoms with Crippen LogP contribution >= 0.6 is 11.6 Å². The molecule has 2 N–H and O–H groups in total. The molecule has 1 fully saturated rings. The Kier molecular flexibility index (Phi) is 9.55. The van der Waals surface area contributed by atoms with Crippen LogP contribution in [0, 0.1) is 11.3 Å². The zero-order chi connectivity index (χ0) is 26.1. The fraction of sp³-hybridized carbons (Fsp3) is 0.333. The predicted molar refractivity (Wildman–Crippen MR) is 135 cm³/mol. The van der Waals surface area contributed by atoms with Crippen LogP contribution < -0.4 is 20.1 Å². The van der Waals surface area contributed by atoms with Gasteiger partial charge in [0.1, 0.15) is 11.6 Å². The van der Waals surface area contributed by atoms with Crippen LogP contribution in [0.5, 0.6) is 11.5 Å². The Balaban J connectivity index is 1.65. The third-order valence-electron chi connectivity index (χ3n) is 5.43. The van der Waals surface area contributed by atoms with Crippen molar-refractivity contribution >= 4 is 33.2 Å². The summed E-state index contributed by atoms with van der Waals surface area (Å²) in [6.07, 6.45) is 1.70. The lowest BCUT2D eigenvalue weighted by atomic mass is 10.1. The lowest BCUT2D eigenvalue weighted by Gasteiger charge is -2.26. The van der Waals surface area contributed by atoms with E-state index in [0.717, 1.165) is 5.56 Å². The molecule has 2 aromatic rings. The number of amides is 1. The van der Waals surface area contributed by atoms with Gasteiger partial charge in [0.15, 0.2) is 11.5 Å². The fourth-order valence-electron chi connectivity index (χ4n) is 3.46. The molecule has 0 atom stereocenters. The average molecular weight is 535 g/mol. The molecule has 0 spiro atoms. The number of halogens is 1. The first-order valence-electron chi connectivity index (χ1n) is 11.0. The van der Waals surface area contributed by atoms with Crippen LogP contribution in [0.1, 0.15) is 5.56 Å². The van der Waals surface area contributed by atoms with Crippen molar-refractivity contribution < 1.29 is 27.4 Å². The standard InChI is InChI=1S/C24H27ClN4O6S/c1-33-22-6-3-17(13-23(22)34-2)7-8-27-24(30)18(15-26)16-28-21-14-19(4-5-20(21)25)36(31,32)29-9-11-35-12-10-29/h3-6,13-14,16,28H,7-12H2,1-2H3,(H,27,30)/b18-16-. The monoisotopic (exact) mass is 534 g/mol. The minimum absolute atomic E-state index is 0.0441. The van der Waals surface area contributed by atoms with Crippen LogP contribution in [-0.2, 0) is 26.0 Å². The largest absolute Gasteiger partial charge is 0.493 e. The highest BCUT2D eigenvalue weighted by atomic mass is 35.5. The molecule has 12 heteroatoms. The van der Waals surface area contributed by atoms with Crippen molar-refractivity contribution in [2.45, 2.75) is 11.3 Å². The number of morpholine rings is 1. The third kappa shape index (κ3) is 6.67. The second-order valence-corrected chi connectivity index (χ2v) is 10.0. The number of rotatable bonds is 10. The lowest BCUT2D eigenvalue weighted by molar-refractivity contribution is -0.117. The van der Waals surface area contributed by atoms with Gasteiger partial charge in [-0.2, -0.15) is 9.57 Å². The maximum Gasteiger partial charge on any atom is 0.263 e. The average Bonchev–Trinajstić information content (AvgIpc) is 2.90. The number of nitriles is 1. The molecule has 0 saturated carbocycles. The molecular formula is C24H27ClN4O6S. The maximum absolute atomic E-state index is 12.9. The van der Waals surface area contributed by atoms with Crippen LogP contribution in [0.25, 0.3) is 0 Å². The molecule has 2 aromatic carbocycles. The van der Waals surface area contributed by atoms with Crippen molar-refractivity contribution in [2.75, 3.05) is 52.4 Å². The van der Waals surface area contributed by atoms with Gasteiger partial charge < -0.3 is 24.8 Å². The topological polar surface area (TPSA) is 130 Å². The maximum atomic E-state index is 12.9. The van der Waals surface area contributed by atoms with Gasteiger partial charge in [-0.3, -0.25) is 4.79 Å². The van der Waals surface area contributed by atoms with Crippen molar-refractivity contribution in [2.24, 2.45) is 0 Å². The molecule has 0 aromatic heterocycles. The number of hydrogen-bond donors (Lipinski definition) is 2. The van der Waals surface area contributed by atoms with Crippen molar-refractivity contribution in [1.82, 2.24) is 9.62 Å². The highest BCUT2D eigenvalue weighted by molar-refractivity contribution is 7.89. The number of benzene rings is 2. The Morgan fingerprint density at radius 1 is 1.17 bits per heavy atom. The number of nitrogens with one attached hydrogen (secondary N) is 2. The SMILES string of the molecule is COc1ccc(CCNC(=O)/C(C#N)=C\Nc2cc(S(=O)(=O)N3CCOCC3)ccc2Cl)cc1OC. The molecule has 10 nitrogen and oxygen atoms in total. The van der Waals surface area contributed by atoms with Gasteiger partial charge in [0, 0.05) is 25.8 Å². The second-order valence-electron chi connectivity index (χ2n) is 7.67. The molecule has 192 valence electrons. The molecule has 1 aliphatic heterocycles. The fourth-order valence-corrected chi connectivity index (χ4v) is 5.07. The Bertz CT molecular complexity index is 1270. The molecule has 0 aliphatic carbocycles. The molecule has 36 heavy (non-hydrogen) atoms. The van der Waals surface area contributed by atoms with Gasteiger partial charge >= 0.3 is 0 Å². The summed E-state index contributed by atoms with van der Waals surface area (Å²) in [7, 11) is -0.645. The zero-order valence-corrected chi connectivity index (χ0v) is 21.5. The number of ether oxygens (including phenoxy) is 3. The smallest absolute Gasteiger partial charge is 0.263 e. The summed E-state index contributed by atoms with van der Waals surface area (Å²) in [5.74, 6) is 0.600. The Morgan fingerprint density at radius 3 is 2.56 bits per heavy atom. The highest BCUT2D eigenvalue weighted by Gasteiger charge is 2.26. The van der Waals surface area contributed by atoms with E-state index in [1.165, 1.54) is 28.7 Å². The number of anilines is 1. The molecule has 0 unspecified atom stereocenters. The Hall–Kier alpha value is -3.30. The van der Waals surface area contributed by atoms with Crippen LogP contribution in [0.4, 0.5) is 5.69 Å². The van der Waals surface area contributed by atoms with Gasteiger partial charge in [-0.15, -0.1) is 0 Å². The van der Waals surface area contributed by atoms with Crippen molar-refractivity contribution in [3.63, 3.8) is 0 Å². The minimum atomic E-state index is -3.74. The summed E-state index contributed by atoms with van der Waals surface area (Å²) < 4.78 is 42.9. The van der Waals surface area contributed by atoms with E-state index >= 15 is 0 Å². The van der Waals surface area contributed by atoms with E-state index < -0.39 is 15.9 Å². The lowest BCUT2D eigenvalue weighted by Crippen LogP contribution is -2.40. The van der Waals surface area contributed by atoms with E-state index in [9.17, 15) is 18.5 Å². The summed E-state index contributed by atoms with van der Waals surface area (Å²) in [5.41, 5.74) is 0.968. The first-order valence-corrected chi connectivity index (χ1v) is 12.8. The van der Waals surface area contributed by atoms with Gasteiger partial charge in [-0.1, -0.05) is 17.7 Å². The summed E-state index contributed by atoms with van der Waals surface area (Å²) in [6.45, 7) is 1.45. The molecule has 1 saturated heterocycles. The predicted octanol–water partition coefficient (Wildman–Crippen LogP) is 2.56. The van der Waals surface area contributed by atoms with E-state index in [1.807, 2.05) is 18.2 Å². The number of sulfonamides is 1. The molecule has 3 rings (SSSR count). The van der Waals surface area contributed by atoms with Crippen LogP contribution in [0.15, 0.2) is 53.1 Å². The first-order chi connectivity index (χ1) is 17.3. The quantitative estimate of drug-likeness (QED) is 0.351. The zero-order valence-electron chi connectivity index (χ0n) is 19.9. The van der Waals surface area contributed by atoms with Crippen molar-refractivity contribution in [3.05, 3.63) is 58.8 Å². The van der Waals surface area contributed by atoms with E-state index in [2.05, 4.69) is 10.6 Å². The summed E-state index contributed by atoms with van der Waals surface area (Å²) >= 11 is 6.21. The summed E-state index contributed by atoms with van der Waals surface area (Å²) in [4.78, 5) is 12.5. The first kappa shape index (κ1) is 27.3. The minimum Gasteiger partial charge on any atom is -0.493 e. The second kappa shape index (κ2) is 12.6. The number of nitrogens with zero attached hydrogens (tertiary/aromatic N) is 2. The normalized spacial score (nSPS) is 14.6.